The van der Waals surface area contributed by atoms with Gasteiger partial charge in [0.2, 0.25) is 0 Å². The Balaban J connectivity index is 1.52. The summed E-state index contributed by atoms with van der Waals surface area (Å²) < 4.78 is 0. The van der Waals surface area contributed by atoms with Gasteiger partial charge in [-0.3, -0.25) is 0 Å². The molecule has 4 rings (SSSR count). The summed E-state index contributed by atoms with van der Waals surface area (Å²) >= 11 is 1.62. The monoisotopic (exact) mass is 386 g/mol. The van der Waals surface area contributed by atoms with E-state index >= 15 is 0 Å². The number of nitriles is 1. The first-order valence-corrected chi connectivity index (χ1v) is 9.76. The fourth-order valence-corrected chi connectivity index (χ4v) is 3.87. The lowest BCUT2D eigenvalue weighted by molar-refractivity contribution is 1.04. The van der Waals surface area contributed by atoms with Crippen LogP contribution in [0.4, 0.5) is 11.6 Å². The maximum absolute atomic E-state index is 9.14. The molecule has 0 amide bonds. The Bertz CT molecular complexity index is 1140. The smallest absolute Gasteiger partial charge is 0.143 e. The van der Waals surface area contributed by atoms with Crippen molar-refractivity contribution in [2.24, 2.45) is 0 Å². The van der Waals surface area contributed by atoms with Gasteiger partial charge in [-0.2, -0.15) is 5.26 Å². The molecule has 6 nitrogen and oxygen atoms in total. The number of anilines is 2. The molecule has 0 aliphatic heterocycles. The van der Waals surface area contributed by atoms with Gasteiger partial charge >= 0.3 is 0 Å². The molecule has 4 aromatic rings. The minimum Gasteiger partial charge on any atom is -0.368 e. The summed E-state index contributed by atoms with van der Waals surface area (Å²) in [6.07, 6.45) is 3.25. The topological polar surface area (TPSA) is 86.5 Å². The lowest BCUT2D eigenvalue weighted by Gasteiger charge is -2.10. The van der Waals surface area contributed by atoms with Crippen molar-refractivity contribution >= 4 is 33.2 Å². The molecule has 0 spiro atoms. The Hall–Kier alpha value is -3.50. The number of hydrogen-bond acceptors (Lipinski definition) is 7. The molecule has 7 heteroatoms. The average Bonchev–Trinajstić information content (AvgIpc) is 3.17. The molecule has 0 bridgehead atoms. The Morgan fingerprint density at radius 1 is 1.00 bits per heavy atom. The minimum absolute atomic E-state index is 0.534. The van der Waals surface area contributed by atoms with Gasteiger partial charge in [0.15, 0.2) is 0 Å². The lowest BCUT2D eigenvalue weighted by Crippen LogP contribution is -2.15. The highest BCUT2D eigenvalue weighted by atomic mass is 32.1. The molecule has 0 radical (unpaired) electrons. The minimum atomic E-state index is 0.534. The maximum atomic E-state index is 9.14. The van der Waals surface area contributed by atoms with Crippen LogP contribution >= 0.6 is 11.3 Å². The van der Waals surface area contributed by atoms with E-state index in [1.807, 2.05) is 0 Å². The van der Waals surface area contributed by atoms with Crippen molar-refractivity contribution in [2.45, 2.75) is 6.92 Å². The lowest BCUT2D eigenvalue weighted by atomic mass is 10.0. The SMILES string of the molecule is Cc1ccc(-c2csc3ncnc(NCCNc4ncccc4C#N)c23)cc1. The van der Waals surface area contributed by atoms with E-state index in [1.54, 1.807) is 36.0 Å². The van der Waals surface area contributed by atoms with Gasteiger partial charge in [-0.15, -0.1) is 11.3 Å². The zero-order valence-corrected chi connectivity index (χ0v) is 16.1. The Morgan fingerprint density at radius 3 is 2.57 bits per heavy atom. The fraction of sp³-hybridized carbons (Fsp3) is 0.143. The standard InChI is InChI=1S/C21H18N6S/c1-14-4-6-15(7-5-14)17-12-28-21-18(17)20(26-13-27-21)25-10-9-24-19-16(11-22)3-2-8-23-19/h2-8,12-13H,9-10H2,1H3,(H,23,24)(H,25,26,27). The molecule has 3 heterocycles. The van der Waals surface area contributed by atoms with Gasteiger partial charge in [-0.25, -0.2) is 15.0 Å². The van der Waals surface area contributed by atoms with E-state index in [9.17, 15) is 0 Å². The van der Waals surface area contributed by atoms with Gasteiger partial charge in [0, 0.05) is 30.2 Å². The van der Waals surface area contributed by atoms with E-state index in [2.05, 4.69) is 68.2 Å². The molecule has 0 aliphatic rings. The first-order valence-electron chi connectivity index (χ1n) is 8.88. The predicted molar refractivity (Wildman–Crippen MR) is 114 cm³/mol. The molecule has 0 saturated heterocycles. The summed E-state index contributed by atoms with van der Waals surface area (Å²) in [5, 5.41) is 18.9. The zero-order chi connectivity index (χ0) is 19.3. The molecule has 2 N–H and O–H groups in total. The Kier molecular flexibility index (Phi) is 5.13. The van der Waals surface area contributed by atoms with Crippen LogP contribution in [-0.4, -0.2) is 28.0 Å². The normalized spacial score (nSPS) is 10.6. The van der Waals surface area contributed by atoms with Crippen molar-refractivity contribution in [1.82, 2.24) is 15.0 Å². The van der Waals surface area contributed by atoms with E-state index in [-0.39, 0.29) is 0 Å². The van der Waals surface area contributed by atoms with Gasteiger partial charge in [-0.05, 0) is 24.6 Å². The van der Waals surface area contributed by atoms with Crippen LogP contribution in [0.2, 0.25) is 0 Å². The van der Waals surface area contributed by atoms with Gasteiger partial charge in [0.25, 0.3) is 0 Å². The van der Waals surface area contributed by atoms with Crippen LogP contribution in [0.5, 0.6) is 0 Å². The van der Waals surface area contributed by atoms with E-state index in [0.717, 1.165) is 27.2 Å². The summed E-state index contributed by atoms with van der Waals surface area (Å²) in [6.45, 7) is 3.33. The van der Waals surface area contributed by atoms with Crippen LogP contribution < -0.4 is 10.6 Å². The van der Waals surface area contributed by atoms with Crippen molar-refractivity contribution in [3.05, 3.63) is 65.4 Å². The molecule has 28 heavy (non-hydrogen) atoms. The third kappa shape index (κ3) is 3.63. The number of nitrogens with one attached hydrogen (secondary N) is 2. The number of aromatic nitrogens is 3. The number of hydrogen-bond donors (Lipinski definition) is 2. The number of nitrogens with zero attached hydrogens (tertiary/aromatic N) is 4. The molecular formula is C21H18N6S. The van der Waals surface area contributed by atoms with Crippen LogP contribution in [0.3, 0.4) is 0 Å². The van der Waals surface area contributed by atoms with Crippen LogP contribution in [0, 0.1) is 18.3 Å². The third-order valence-corrected chi connectivity index (χ3v) is 5.26. The van der Waals surface area contributed by atoms with Gasteiger partial charge in [-0.1, -0.05) is 29.8 Å². The van der Waals surface area contributed by atoms with E-state index in [4.69, 9.17) is 5.26 Å². The second-order valence-corrected chi connectivity index (χ2v) is 7.14. The van der Waals surface area contributed by atoms with Gasteiger partial charge in [0.1, 0.15) is 28.9 Å². The highest BCUT2D eigenvalue weighted by Gasteiger charge is 2.13. The average molecular weight is 386 g/mol. The summed E-state index contributed by atoms with van der Waals surface area (Å²) in [5.41, 5.74) is 4.05. The molecule has 138 valence electrons. The quantitative estimate of drug-likeness (QED) is 0.476. The Labute approximate surface area is 166 Å². The number of thiophene rings is 1. The number of pyridine rings is 1. The third-order valence-electron chi connectivity index (χ3n) is 4.37. The number of benzene rings is 1. The van der Waals surface area contributed by atoms with E-state index in [0.29, 0.717) is 24.5 Å². The van der Waals surface area contributed by atoms with Crippen LogP contribution in [-0.2, 0) is 0 Å². The van der Waals surface area contributed by atoms with Crippen molar-refractivity contribution in [2.75, 3.05) is 23.7 Å². The largest absolute Gasteiger partial charge is 0.368 e. The number of rotatable bonds is 6. The maximum Gasteiger partial charge on any atom is 0.143 e. The first kappa shape index (κ1) is 17.9. The molecule has 0 fully saturated rings. The zero-order valence-electron chi connectivity index (χ0n) is 15.3. The Morgan fingerprint density at radius 2 is 1.79 bits per heavy atom. The summed E-state index contributed by atoms with van der Waals surface area (Å²) in [5.74, 6) is 1.40. The predicted octanol–water partition coefficient (Wildman–Crippen LogP) is 4.46. The van der Waals surface area contributed by atoms with Crippen LogP contribution in [0.15, 0.2) is 54.3 Å². The molecule has 3 aromatic heterocycles. The summed E-state index contributed by atoms with van der Waals surface area (Å²) in [6, 6.07) is 14.1. The molecule has 0 aliphatic carbocycles. The van der Waals surface area contributed by atoms with E-state index < -0.39 is 0 Å². The van der Waals surface area contributed by atoms with Crippen LogP contribution in [0.25, 0.3) is 21.3 Å². The van der Waals surface area contributed by atoms with Crippen molar-refractivity contribution < 1.29 is 0 Å². The second-order valence-electron chi connectivity index (χ2n) is 6.28. The van der Waals surface area contributed by atoms with Gasteiger partial charge in [0.05, 0.1) is 10.9 Å². The molecule has 0 saturated carbocycles. The van der Waals surface area contributed by atoms with Gasteiger partial charge < -0.3 is 10.6 Å². The summed E-state index contributed by atoms with van der Waals surface area (Å²) in [4.78, 5) is 14.0. The molecule has 0 unspecified atom stereocenters. The van der Waals surface area contributed by atoms with Crippen molar-refractivity contribution in [1.29, 1.82) is 5.26 Å². The molecule has 0 atom stereocenters. The number of aryl methyl sites for hydroxylation is 1. The van der Waals surface area contributed by atoms with E-state index in [1.165, 1.54) is 5.56 Å². The highest BCUT2D eigenvalue weighted by molar-refractivity contribution is 7.17. The van der Waals surface area contributed by atoms with Crippen LogP contribution in [0.1, 0.15) is 11.1 Å². The highest BCUT2D eigenvalue weighted by Crippen LogP contribution is 2.36. The molecule has 1 aromatic carbocycles. The first-order chi connectivity index (χ1) is 13.8. The summed E-state index contributed by atoms with van der Waals surface area (Å²) in [7, 11) is 0. The van der Waals surface area contributed by atoms with Crippen molar-refractivity contribution in [3.63, 3.8) is 0 Å². The van der Waals surface area contributed by atoms with Crippen molar-refractivity contribution in [3.8, 4) is 17.2 Å². The second kappa shape index (κ2) is 8.03. The molecular weight excluding hydrogens is 368 g/mol. The fourth-order valence-electron chi connectivity index (χ4n) is 2.95. The number of fused-ring (bicyclic) bond motifs is 1.